The lowest BCUT2D eigenvalue weighted by atomic mass is 10.1. The molecule has 0 radical (unpaired) electrons. The number of nitrogens with zero attached hydrogens (tertiary/aromatic N) is 1. The number of furan rings is 1. The van der Waals surface area contributed by atoms with Crippen molar-refractivity contribution in [2.45, 2.75) is 32.2 Å². The van der Waals surface area contributed by atoms with Crippen molar-refractivity contribution in [3.05, 3.63) is 65.6 Å². The minimum absolute atomic E-state index is 0.852. The second-order valence-electron chi connectivity index (χ2n) is 5.68. The largest absolute Gasteiger partial charge is 0.460 e. The molecule has 21 heavy (non-hydrogen) atoms. The van der Waals surface area contributed by atoms with Gasteiger partial charge in [0, 0.05) is 0 Å². The van der Waals surface area contributed by atoms with Gasteiger partial charge in [-0.25, -0.2) is 0 Å². The number of unbranched alkanes of at least 4 members (excludes halogenated alkanes) is 2. The second-order valence-corrected chi connectivity index (χ2v) is 5.68. The molecule has 0 aliphatic carbocycles. The Labute approximate surface area is 128 Å². The van der Waals surface area contributed by atoms with E-state index in [1.807, 2.05) is 20.2 Å². The van der Waals surface area contributed by atoms with Gasteiger partial charge in [0.15, 0.2) is 0 Å². The van der Waals surface area contributed by atoms with Crippen LogP contribution >= 0.6 is 0 Å². The fourth-order valence-electron chi connectivity index (χ4n) is 2.32. The third-order valence-corrected chi connectivity index (χ3v) is 3.37. The molecule has 0 unspecified atom stereocenters. The van der Waals surface area contributed by atoms with Gasteiger partial charge in [0.1, 0.15) is 11.5 Å². The average Bonchev–Trinajstić information content (AvgIpc) is 2.90. The molecule has 1 aromatic carbocycles. The van der Waals surface area contributed by atoms with E-state index >= 15 is 0 Å². The third-order valence-electron chi connectivity index (χ3n) is 3.37. The molecule has 0 aliphatic heterocycles. The zero-order chi connectivity index (χ0) is 14.9. The second kappa shape index (κ2) is 8.48. The van der Waals surface area contributed by atoms with Crippen LogP contribution in [0.2, 0.25) is 0 Å². The molecule has 0 saturated heterocycles. The van der Waals surface area contributed by atoms with Gasteiger partial charge < -0.3 is 9.32 Å². The van der Waals surface area contributed by atoms with Crippen LogP contribution in [-0.4, -0.2) is 19.0 Å². The van der Waals surface area contributed by atoms with Crippen molar-refractivity contribution < 1.29 is 4.42 Å². The van der Waals surface area contributed by atoms with E-state index in [9.17, 15) is 0 Å². The van der Waals surface area contributed by atoms with Gasteiger partial charge in [-0.2, -0.15) is 0 Å². The molecule has 0 fully saturated rings. The van der Waals surface area contributed by atoms with Crippen LogP contribution in [0.4, 0.5) is 0 Å². The number of benzene rings is 1. The van der Waals surface area contributed by atoms with Crippen molar-refractivity contribution in [1.82, 2.24) is 4.90 Å². The van der Waals surface area contributed by atoms with Crippen LogP contribution in [0.3, 0.4) is 0 Å². The third kappa shape index (κ3) is 6.01. The minimum Gasteiger partial charge on any atom is -0.460 e. The topological polar surface area (TPSA) is 16.4 Å². The fraction of sp³-hybridized carbons (Fsp3) is 0.368. The van der Waals surface area contributed by atoms with E-state index < -0.39 is 0 Å². The van der Waals surface area contributed by atoms with Gasteiger partial charge in [-0.1, -0.05) is 36.4 Å². The quantitative estimate of drug-likeness (QED) is 0.649. The van der Waals surface area contributed by atoms with Crippen molar-refractivity contribution >= 4 is 6.08 Å². The van der Waals surface area contributed by atoms with Gasteiger partial charge in [-0.3, -0.25) is 0 Å². The molecule has 0 aliphatic rings. The smallest absolute Gasteiger partial charge is 0.126 e. The maximum Gasteiger partial charge on any atom is 0.126 e. The van der Waals surface area contributed by atoms with Crippen molar-refractivity contribution in [3.63, 3.8) is 0 Å². The Hall–Kier alpha value is -1.80. The minimum atomic E-state index is 0.852. The molecule has 0 bridgehead atoms. The van der Waals surface area contributed by atoms with E-state index in [0.717, 1.165) is 24.5 Å². The van der Waals surface area contributed by atoms with Gasteiger partial charge in [0.05, 0.1) is 6.54 Å². The molecule has 2 aromatic rings. The highest BCUT2D eigenvalue weighted by Gasteiger charge is 2.00. The Kier molecular flexibility index (Phi) is 6.29. The summed E-state index contributed by atoms with van der Waals surface area (Å²) in [6.07, 6.45) is 9.03. The number of hydrogen-bond acceptors (Lipinski definition) is 2. The molecule has 1 heterocycles. The first-order valence-electron chi connectivity index (χ1n) is 7.68. The molecule has 0 spiro atoms. The van der Waals surface area contributed by atoms with E-state index in [1.165, 1.54) is 24.8 Å². The summed E-state index contributed by atoms with van der Waals surface area (Å²) in [4.78, 5) is 2.11. The number of allylic oxidation sites excluding steroid dienone is 1. The summed E-state index contributed by atoms with van der Waals surface area (Å²) in [7, 11) is 4.09. The average molecular weight is 283 g/mol. The molecular formula is C19H25NO. The van der Waals surface area contributed by atoms with Crippen molar-refractivity contribution in [2.24, 2.45) is 0 Å². The van der Waals surface area contributed by atoms with Crippen molar-refractivity contribution in [2.75, 3.05) is 14.1 Å². The first-order valence-corrected chi connectivity index (χ1v) is 7.68. The summed E-state index contributed by atoms with van der Waals surface area (Å²) in [6, 6.07) is 14.8. The van der Waals surface area contributed by atoms with E-state index in [0.29, 0.717) is 0 Å². The molecule has 112 valence electrons. The Morgan fingerprint density at radius 2 is 1.81 bits per heavy atom. The lowest BCUT2D eigenvalue weighted by molar-refractivity contribution is 0.349. The standard InChI is InChI=1S/C19H25NO/c1-20(2)16-19-15-14-18(21-19)13-9-4-3-6-10-17-11-7-5-8-12-17/h5,7-9,11-15H,3-4,6,10,16H2,1-2H3. The molecular weight excluding hydrogens is 258 g/mol. The summed E-state index contributed by atoms with van der Waals surface area (Å²) in [5, 5.41) is 0. The first kappa shape index (κ1) is 15.6. The zero-order valence-corrected chi connectivity index (χ0v) is 13.1. The lowest BCUT2D eigenvalue weighted by Crippen LogP contribution is -2.09. The lowest BCUT2D eigenvalue weighted by Gasteiger charge is -2.05. The molecule has 0 atom stereocenters. The first-order chi connectivity index (χ1) is 10.2. The van der Waals surface area contributed by atoms with Crippen molar-refractivity contribution in [1.29, 1.82) is 0 Å². The Morgan fingerprint density at radius 3 is 2.57 bits per heavy atom. The molecule has 2 rings (SSSR count). The maximum atomic E-state index is 5.74. The summed E-state index contributed by atoms with van der Waals surface area (Å²) in [5.41, 5.74) is 1.43. The Balaban J connectivity index is 1.65. The molecule has 2 nitrogen and oxygen atoms in total. The van der Waals surface area contributed by atoms with Gasteiger partial charge >= 0.3 is 0 Å². The molecule has 0 saturated carbocycles. The fourth-order valence-corrected chi connectivity index (χ4v) is 2.32. The molecule has 0 amide bonds. The van der Waals surface area contributed by atoms with Crippen LogP contribution < -0.4 is 0 Å². The summed E-state index contributed by atoms with van der Waals surface area (Å²) >= 11 is 0. The molecule has 0 N–H and O–H groups in total. The van der Waals surface area contributed by atoms with Crippen molar-refractivity contribution in [3.8, 4) is 0 Å². The Bertz CT molecular complexity index is 540. The summed E-state index contributed by atoms with van der Waals surface area (Å²) < 4.78 is 5.74. The summed E-state index contributed by atoms with van der Waals surface area (Å²) in [5.74, 6) is 1.97. The summed E-state index contributed by atoms with van der Waals surface area (Å²) in [6.45, 7) is 0.852. The van der Waals surface area contributed by atoms with E-state index in [4.69, 9.17) is 4.42 Å². The van der Waals surface area contributed by atoms with Gasteiger partial charge in [-0.15, -0.1) is 0 Å². The highest BCUT2D eigenvalue weighted by atomic mass is 16.3. The number of hydrogen-bond donors (Lipinski definition) is 0. The molecule has 2 heteroatoms. The van der Waals surface area contributed by atoms with Crippen LogP contribution in [0.5, 0.6) is 0 Å². The van der Waals surface area contributed by atoms with E-state index in [1.54, 1.807) is 0 Å². The monoisotopic (exact) mass is 283 g/mol. The van der Waals surface area contributed by atoms with Gasteiger partial charge in [-0.05, 0) is 63.6 Å². The number of aryl methyl sites for hydroxylation is 1. The molecule has 1 aromatic heterocycles. The van der Waals surface area contributed by atoms with Gasteiger partial charge in [0.25, 0.3) is 0 Å². The highest BCUT2D eigenvalue weighted by molar-refractivity contribution is 5.42. The number of rotatable bonds is 8. The SMILES string of the molecule is CN(C)Cc1ccc(C=CCCCCc2ccccc2)o1. The van der Waals surface area contributed by atoms with Crippen LogP contribution in [0.25, 0.3) is 6.08 Å². The van der Waals surface area contributed by atoms with E-state index in [-0.39, 0.29) is 0 Å². The van der Waals surface area contributed by atoms with Crippen LogP contribution in [0.1, 0.15) is 36.3 Å². The van der Waals surface area contributed by atoms with Crippen LogP contribution in [0, 0.1) is 0 Å². The normalized spacial score (nSPS) is 11.6. The van der Waals surface area contributed by atoms with Crippen LogP contribution in [0.15, 0.2) is 53.0 Å². The predicted octanol–water partition coefficient (Wildman–Crippen LogP) is 4.77. The maximum absolute atomic E-state index is 5.74. The van der Waals surface area contributed by atoms with Gasteiger partial charge in [0.2, 0.25) is 0 Å². The Morgan fingerprint density at radius 1 is 1.00 bits per heavy atom. The zero-order valence-electron chi connectivity index (χ0n) is 13.1. The van der Waals surface area contributed by atoms with E-state index in [2.05, 4.69) is 53.5 Å². The predicted molar refractivity (Wildman–Crippen MR) is 89.1 cm³/mol. The van der Waals surface area contributed by atoms with Crippen LogP contribution in [-0.2, 0) is 13.0 Å². The highest BCUT2D eigenvalue weighted by Crippen LogP contribution is 2.12.